The highest BCUT2D eigenvalue weighted by atomic mass is 79.9. The molecule has 0 saturated carbocycles. The molecule has 27 heavy (non-hydrogen) atoms. The SMILES string of the molecule is CN(Cc1nccn1CC(F)(F)F)C(=O)CCNC(=O)c1ccc(Br)cc1. The molecule has 10 heteroatoms. The van der Waals surface area contributed by atoms with E-state index in [1.54, 1.807) is 24.3 Å². The van der Waals surface area contributed by atoms with Gasteiger partial charge in [-0.3, -0.25) is 9.59 Å². The van der Waals surface area contributed by atoms with Crippen molar-refractivity contribution in [1.82, 2.24) is 19.8 Å². The number of alkyl halides is 3. The van der Waals surface area contributed by atoms with E-state index in [0.717, 1.165) is 9.04 Å². The summed E-state index contributed by atoms with van der Waals surface area (Å²) in [5.41, 5.74) is 0.466. The summed E-state index contributed by atoms with van der Waals surface area (Å²) < 4.78 is 39.4. The number of carbonyl (C=O) groups excluding carboxylic acids is 2. The molecule has 2 amide bonds. The zero-order valence-electron chi connectivity index (χ0n) is 14.5. The smallest absolute Gasteiger partial charge is 0.352 e. The van der Waals surface area contributed by atoms with E-state index in [1.807, 2.05) is 0 Å². The van der Waals surface area contributed by atoms with Gasteiger partial charge in [-0.15, -0.1) is 0 Å². The monoisotopic (exact) mass is 446 g/mol. The third-order valence-electron chi connectivity index (χ3n) is 3.69. The summed E-state index contributed by atoms with van der Waals surface area (Å²) in [6.45, 7) is -1.09. The molecule has 1 aromatic heterocycles. The van der Waals surface area contributed by atoms with Gasteiger partial charge in [-0.05, 0) is 24.3 Å². The number of amides is 2. The maximum absolute atomic E-state index is 12.5. The van der Waals surface area contributed by atoms with Crippen molar-refractivity contribution < 1.29 is 22.8 Å². The van der Waals surface area contributed by atoms with Gasteiger partial charge >= 0.3 is 6.18 Å². The first-order chi connectivity index (χ1) is 12.7. The second kappa shape index (κ2) is 9.03. The fraction of sp³-hybridized carbons (Fsp3) is 0.353. The van der Waals surface area contributed by atoms with Crippen LogP contribution in [0.4, 0.5) is 13.2 Å². The van der Waals surface area contributed by atoms with Crippen LogP contribution in [0.25, 0.3) is 0 Å². The molecule has 6 nitrogen and oxygen atoms in total. The summed E-state index contributed by atoms with van der Waals surface area (Å²) in [4.78, 5) is 29.3. The maximum atomic E-state index is 12.5. The molecule has 1 heterocycles. The maximum Gasteiger partial charge on any atom is 0.406 e. The van der Waals surface area contributed by atoms with Gasteiger partial charge in [0.25, 0.3) is 5.91 Å². The molecule has 0 aliphatic carbocycles. The highest BCUT2D eigenvalue weighted by Crippen LogP contribution is 2.18. The Morgan fingerprint density at radius 3 is 2.56 bits per heavy atom. The Morgan fingerprint density at radius 2 is 1.93 bits per heavy atom. The average molecular weight is 447 g/mol. The Bertz CT molecular complexity index is 790. The number of halogens is 4. The number of carbonyl (C=O) groups is 2. The number of hydrogen-bond donors (Lipinski definition) is 1. The fourth-order valence-electron chi connectivity index (χ4n) is 2.31. The Kier molecular flexibility index (Phi) is 7.00. The van der Waals surface area contributed by atoms with Crippen molar-refractivity contribution in [2.75, 3.05) is 13.6 Å². The van der Waals surface area contributed by atoms with Gasteiger partial charge in [0, 0.05) is 42.4 Å². The van der Waals surface area contributed by atoms with Crippen molar-refractivity contribution >= 4 is 27.7 Å². The van der Waals surface area contributed by atoms with Crippen molar-refractivity contribution in [3.05, 3.63) is 52.5 Å². The van der Waals surface area contributed by atoms with Crippen LogP contribution in [-0.2, 0) is 17.9 Å². The van der Waals surface area contributed by atoms with Gasteiger partial charge in [-0.2, -0.15) is 13.2 Å². The third-order valence-corrected chi connectivity index (χ3v) is 4.22. The highest BCUT2D eigenvalue weighted by molar-refractivity contribution is 9.10. The molecule has 0 aliphatic heterocycles. The fourth-order valence-corrected chi connectivity index (χ4v) is 2.57. The lowest BCUT2D eigenvalue weighted by Gasteiger charge is -2.18. The second-order valence-electron chi connectivity index (χ2n) is 5.85. The molecular formula is C17H18BrF3N4O2. The van der Waals surface area contributed by atoms with E-state index in [2.05, 4.69) is 26.2 Å². The zero-order valence-corrected chi connectivity index (χ0v) is 16.0. The molecule has 0 radical (unpaired) electrons. The first kappa shape index (κ1) is 20.9. The summed E-state index contributed by atoms with van der Waals surface area (Å²) in [5.74, 6) is -0.478. The lowest BCUT2D eigenvalue weighted by atomic mass is 10.2. The normalized spacial score (nSPS) is 11.3. The highest BCUT2D eigenvalue weighted by Gasteiger charge is 2.29. The Hall–Kier alpha value is -2.36. The van der Waals surface area contributed by atoms with E-state index in [-0.39, 0.29) is 37.1 Å². The van der Waals surface area contributed by atoms with Crippen LogP contribution in [0.5, 0.6) is 0 Å². The molecule has 146 valence electrons. The van der Waals surface area contributed by atoms with E-state index >= 15 is 0 Å². The van der Waals surface area contributed by atoms with Gasteiger partial charge in [-0.25, -0.2) is 4.98 Å². The van der Waals surface area contributed by atoms with Crippen molar-refractivity contribution in [1.29, 1.82) is 0 Å². The summed E-state index contributed by atoms with van der Waals surface area (Å²) in [5, 5.41) is 2.63. The molecule has 1 N–H and O–H groups in total. The van der Waals surface area contributed by atoms with E-state index in [9.17, 15) is 22.8 Å². The molecule has 0 saturated heterocycles. The van der Waals surface area contributed by atoms with Crippen LogP contribution in [0, 0.1) is 0 Å². The largest absolute Gasteiger partial charge is 0.406 e. The van der Waals surface area contributed by atoms with Gasteiger partial charge in [0.05, 0.1) is 6.54 Å². The summed E-state index contributed by atoms with van der Waals surface area (Å²) in [6, 6.07) is 6.76. The predicted molar refractivity (Wildman–Crippen MR) is 95.8 cm³/mol. The number of aromatic nitrogens is 2. The van der Waals surface area contributed by atoms with Crippen LogP contribution in [0.3, 0.4) is 0 Å². The summed E-state index contributed by atoms with van der Waals surface area (Å²) in [6.07, 6.45) is -1.86. The number of nitrogens with zero attached hydrogens (tertiary/aromatic N) is 3. The molecule has 0 spiro atoms. The van der Waals surface area contributed by atoms with Crippen molar-refractivity contribution in [3.63, 3.8) is 0 Å². The summed E-state index contributed by atoms with van der Waals surface area (Å²) >= 11 is 3.28. The number of rotatable bonds is 7. The van der Waals surface area contributed by atoms with Crippen LogP contribution in [0.15, 0.2) is 41.1 Å². The van der Waals surface area contributed by atoms with Crippen LogP contribution in [0.2, 0.25) is 0 Å². The standard InChI is InChI=1S/C17H18BrF3N4O2/c1-24(10-14-22-8-9-25(14)11-17(19,20)21)15(26)6-7-23-16(27)12-2-4-13(18)5-3-12/h2-5,8-9H,6-7,10-11H2,1H3,(H,23,27). The minimum Gasteiger partial charge on any atom is -0.352 e. The molecule has 0 atom stereocenters. The van der Waals surface area contributed by atoms with Gasteiger partial charge in [0.15, 0.2) is 0 Å². The average Bonchev–Trinajstić information content (AvgIpc) is 3.00. The first-order valence-electron chi connectivity index (χ1n) is 8.00. The van der Waals surface area contributed by atoms with Gasteiger partial charge in [0.1, 0.15) is 12.4 Å². The third kappa shape index (κ3) is 6.70. The van der Waals surface area contributed by atoms with Crippen LogP contribution in [0.1, 0.15) is 22.6 Å². The number of hydrogen-bond acceptors (Lipinski definition) is 3. The molecule has 1 aromatic carbocycles. The van der Waals surface area contributed by atoms with Crippen LogP contribution in [-0.4, -0.2) is 46.0 Å². The van der Waals surface area contributed by atoms with E-state index in [0.29, 0.717) is 5.56 Å². The molecule has 0 aliphatic rings. The quantitative estimate of drug-likeness (QED) is 0.710. The van der Waals surface area contributed by atoms with Gasteiger partial charge in [0.2, 0.25) is 5.91 Å². The van der Waals surface area contributed by atoms with Crippen LogP contribution >= 0.6 is 15.9 Å². The predicted octanol–water partition coefficient (Wildman–Crippen LogP) is 2.99. The zero-order chi connectivity index (χ0) is 20.0. The minimum atomic E-state index is -4.37. The van der Waals surface area contributed by atoms with Crippen molar-refractivity contribution in [2.24, 2.45) is 0 Å². The molecule has 0 fully saturated rings. The topological polar surface area (TPSA) is 67.2 Å². The number of imidazole rings is 1. The minimum absolute atomic E-state index is 0.0265. The Morgan fingerprint density at radius 1 is 1.26 bits per heavy atom. The summed E-state index contributed by atoms with van der Waals surface area (Å²) in [7, 11) is 1.48. The van der Waals surface area contributed by atoms with E-state index in [4.69, 9.17) is 0 Å². The van der Waals surface area contributed by atoms with Crippen LogP contribution < -0.4 is 5.32 Å². The van der Waals surface area contributed by atoms with E-state index < -0.39 is 12.7 Å². The lowest BCUT2D eigenvalue weighted by Crippen LogP contribution is -2.33. The molecule has 0 bridgehead atoms. The number of benzene rings is 1. The Balaban J connectivity index is 1.81. The Labute approximate surface area is 162 Å². The molecule has 2 rings (SSSR count). The molecular weight excluding hydrogens is 429 g/mol. The molecule has 2 aromatic rings. The lowest BCUT2D eigenvalue weighted by molar-refractivity contribution is -0.141. The van der Waals surface area contributed by atoms with Gasteiger partial charge in [-0.1, -0.05) is 15.9 Å². The first-order valence-corrected chi connectivity index (χ1v) is 8.79. The number of nitrogens with one attached hydrogen (secondary N) is 1. The molecule has 0 unspecified atom stereocenters. The second-order valence-corrected chi connectivity index (χ2v) is 6.76. The van der Waals surface area contributed by atoms with Crippen molar-refractivity contribution in [2.45, 2.75) is 25.7 Å². The van der Waals surface area contributed by atoms with E-state index in [1.165, 1.54) is 24.3 Å². The van der Waals surface area contributed by atoms with Gasteiger partial charge < -0.3 is 14.8 Å². The van der Waals surface area contributed by atoms with Crippen molar-refractivity contribution in [3.8, 4) is 0 Å².